The number of aliphatic hydroxyl groups is 1. The van der Waals surface area contributed by atoms with Crippen molar-refractivity contribution in [3.05, 3.63) is 65.3 Å². The third-order valence-corrected chi connectivity index (χ3v) is 6.10. The van der Waals surface area contributed by atoms with Crippen LogP contribution in [0.15, 0.2) is 58.4 Å². The first kappa shape index (κ1) is 22.7. The second kappa shape index (κ2) is 9.95. The van der Waals surface area contributed by atoms with E-state index in [1.165, 1.54) is 25.5 Å². The van der Waals surface area contributed by atoms with E-state index in [-0.39, 0.29) is 5.57 Å². The molecule has 8 nitrogen and oxygen atoms in total. The fourth-order valence-electron chi connectivity index (χ4n) is 4.40. The molecule has 2 aliphatic rings. The Hall–Kier alpha value is -3.52. The first-order valence-electron chi connectivity index (χ1n) is 11.0. The number of aliphatic hydroxyl groups excluding tert-OH is 1. The summed E-state index contributed by atoms with van der Waals surface area (Å²) >= 11 is 0. The minimum absolute atomic E-state index is 0.00998. The Morgan fingerprint density at radius 3 is 2.64 bits per heavy atom. The van der Waals surface area contributed by atoms with E-state index in [0.29, 0.717) is 35.9 Å². The summed E-state index contributed by atoms with van der Waals surface area (Å²) < 4.78 is 16.2. The molecule has 2 aliphatic heterocycles. The standard InChI is InChI=1S/C25H28N2O6/c1-31-18-8-10-21(32-2)19(16-18)23-22(20(28)9-7-17-6-5-15-33-17)24(29)25(30)27(23)14-13-26-11-3-4-12-26/h5-10,15-16,23,29H,3-4,11-14H2,1-2H3/b9-7+. The number of ketones is 1. The van der Waals surface area contributed by atoms with Crippen LogP contribution in [0.25, 0.3) is 6.08 Å². The fraction of sp³-hybridized carbons (Fsp3) is 0.360. The molecule has 33 heavy (non-hydrogen) atoms. The Balaban J connectivity index is 1.72. The van der Waals surface area contributed by atoms with Crippen molar-refractivity contribution in [1.29, 1.82) is 0 Å². The van der Waals surface area contributed by atoms with Crippen molar-refractivity contribution in [3.8, 4) is 11.5 Å². The highest BCUT2D eigenvalue weighted by molar-refractivity contribution is 6.14. The van der Waals surface area contributed by atoms with Crippen molar-refractivity contribution in [1.82, 2.24) is 9.80 Å². The van der Waals surface area contributed by atoms with Crippen LogP contribution in [0.3, 0.4) is 0 Å². The molecule has 3 heterocycles. The van der Waals surface area contributed by atoms with Crippen LogP contribution in [-0.4, -0.2) is 67.0 Å². The van der Waals surface area contributed by atoms with Gasteiger partial charge in [-0.2, -0.15) is 0 Å². The highest BCUT2D eigenvalue weighted by Crippen LogP contribution is 2.42. The van der Waals surface area contributed by atoms with Crippen LogP contribution in [-0.2, 0) is 9.59 Å². The highest BCUT2D eigenvalue weighted by Gasteiger charge is 2.44. The summed E-state index contributed by atoms with van der Waals surface area (Å²) in [6.45, 7) is 2.98. The van der Waals surface area contributed by atoms with Crippen molar-refractivity contribution in [2.45, 2.75) is 18.9 Å². The summed E-state index contributed by atoms with van der Waals surface area (Å²) in [4.78, 5) is 30.2. The molecule has 1 fully saturated rings. The molecule has 1 aromatic carbocycles. The molecule has 0 saturated carbocycles. The molecule has 174 valence electrons. The minimum atomic E-state index is -0.807. The zero-order chi connectivity index (χ0) is 23.4. The van der Waals surface area contributed by atoms with E-state index in [0.717, 1.165) is 25.9 Å². The Morgan fingerprint density at radius 2 is 1.97 bits per heavy atom. The predicted molar refractivity (Wildman–Crippen MR) is 122 cm³/mol. The lowest BCUT2D eigenvalue weighted by Crippen LogP contribution is -2.38. The average molecular weight is 453 g/mol. The van der Waals surface area contributed by atoms with Gasteiger partial charge in [0, 0.05) is 18.7 Å². The lowest BCUT2D eigenvalue weighted by atomic mass is 9.94. The van der Waals surface area contributed by atoms with Crippen LogP contribution >= 0.6 is 0 Å². The van der Waals surface area contributed by atoms with Crippen molar-refractivity contribution >= 4 is 17.8 Å². The fourth-order valence-corrected chi connectivity index (χ4v) is 4.40. The van der Waals surface area contributed by atoms with Crippen LogP contribution in [0.4, 0.5) is 0 Å². The maximum absolute atomic E-state index is 13.2. The number of ether oxygens (including phenoxy) is 2. The van der Waals surface area contributed by atoms with Gasteiger partial charge in [-0.15, -0.1) is 0 Å². The Morgan fingerprint density at radius 1 is 1.18 bits per heavy atom. The van der Waals surface area contributed by atoms with E-state index < -0.39 is 23.5 Å². The van der Waals surface area contributed by atoms with Gasteiger partial charge in [0.15, 0.2) is 11.5 Å². The van der Waals surface area contributed by atoms with Gasteiger partial charge >= 0.3 is 0 Å². The third-order valence-electron chi connectivity index (χ3n) is 6.10. The van der Waals surface area contributed by atoms with Gasteiger partial charge in [-0.3, -0.25) is 9.59 Å². The van der Waals surface area contributed by atoms with E-state index >= 15 is 0 Å². The summed E-state index contributed by atoms with van der Waals surface area (Å²) in [5, 5.41) is 10.8. The van der Waals surface area contributed by atoms with Crippen LogP contribution in [0, 0.1) is 0 Å². The summed E-state index contributed by atoms with van der Waals surface area (Å²) in [7, 11) is 3.07. The number of carbonyl (C=O) groups is 2. The highest BCUT2D eigenvalue weighted by atomic mass is 16.5. The second-order valence-electron chi connectivity index (χ2n) is 8.03. The van der Waals surface area contributed by atoms with E-state index in [4.69, 9.17) is 13.9 Å². The minimum Gasteiger partial charge on any atom is -0.503 e. The lowest BCUT2D eigenvalue weighted by molar-refractivity contribution is -0.129. The van der Waals surface area contributed by atoms with Crippen LogP contribution < -0.4 is 9.47 Å². The number of hydrogen-bond donors (Lipinski definition) is 1. The van der Waals surface area contributed by atoms with Gasteiger partial charge in [-0.25, -0.2) is 0 Å². The van der Waals surface area contributed by atoms with Gasteiger partial charge in [0.1, 0.15) is 17.3 Å². The maximum atomic E-state index is 13.2. The molecule has 0 spiro atoms. The molecule has 1 amide bonds. The van der Waals surface area contributed by atoms with Gasteiger partial charge in [-0.1, -0.05) is 0 Å². The molecule has 4 rings (SSSR count). The molecule has 1 aromatic heterocycles. The molecule has 2 aromatic rings. The zero-order valence-electron chi connectivity index (χ0n) is 18.8. The summed E-state index contributed by atoms with van der Waals surface area (Å²) in [6.07, 6.45) is 6.59. The molecule has 0 radical (unpaired) electrons. The number of furan rings is 1. The Bertz CT molecular complexity index is 1070. The zero-order valence-corrected chi connectivity index (χ0v) is 18.8. The molecule has 0 bridgehead atoms. The number of allylic oxidation sites excluding steroid dienone is 1. The number of nitrogens with zero attached hydrogens (tertiary/aromatic N) is 2. The SMILES string of the molecule is COc1ccc(OC)c(C2C(C(=O)/C=C/c3ccco3)=C(O)C(=O)N2CCN2CCCC2)c1. The van der Waals surface area contributed by atoms with Crippen LogP contribution in [0.1, 0.15) is 30.2 Å². The first-order chi connectivity index (χ1) is 16.0. The van der Waals surface area contributed by atoms with Gasteiger partial charge < -0.3 is 28.8 Å². The number of methoxy groups -OCH3 is 2. The molecule has 1 saturated heterocycles. The molecule has 8 heteroatoms. The number of amides is 1. The van der Waals surface area contributed by atoms with E-state index in [9.17, 15) is 14.7 Å². The number of carbonyl (C=O) groups excluding carboxylic acids is 2. The number of hydrogen-bond acceptors (Lipinski definition) is 7. The molecular formula is C25H28N2O6. The van der Waals surface area contributed by atoms with Crippen molar-refractivity contribution < 1.29 is 28.6 Å². The first-order valence-corrected chi connectivity index (χ1v) is 11.0. The van der Waals surface area contributed by atoms with E-state index in [2.05, 4.69) is 4.90 Å². The Kier molecular flexibility index (Phi) is 6.84. The van der Waals surface area contributed by atoms with Gasteiger partial charge in [0.25, 0.3) is 5.91 Å². The predicted octanol–water partition coefficient (Wildman–Crippen LogP) is 3.37. The molecule has 1 atom stereocenters. The lowest BCUT2D eigenvalue weighted by Gasteiger charge is -2.29. The van der Waals surface area contributed by atoms with Crippen molar-refractivity contribution in [3.63, 3.8) is 0 Å². The average Bonchev–Trinajstić information content (AvgIpc) is 3.59. The van der Waals surface area contributed by atoms with Crippen LogP contribution in [0.2, 0.25) is 0 Å². The quantitative estimate of drug-likeness (QED) is 0.583. The summed E-state index contributed by atoms with van der Waals surface area (Å²) in [5.41, 5.74) is 0.584. The smallest absolute Gasteiger partial charge is 0.290 e. The van der Waals surface area contributed by atoms with E-state index in [1.807, 2.05) is 0 Å². The third kappa shape index (κ3) is 4.66. The monoisotopic (exact) mass is 452 g/mol. The molecule has 0 aliphatic carbocycles. The van der Waals surface area contributed by atoms with Crippen molar-refractivity contribution in [2.24, 2.45) is 0 Å². The number of likely N-dealkylation sites (tertiary alicyclic amines) is 1. The summed E-state index contributed by atoms with van der Waals surface area (Å²) in [5.74, 6) is -0.0407. The summed E-state index contributed by atoms with van der Waals surface area (Å²) in [6, 6.07) is 7.83. The van der Waals surface area contributed by atoms with Gasteiger partial charge in [0.05, 0.1) is 32.1 Å². The van der Waals surface area contributed by atoms with E-state index in [1.54, 1.807) is 42.3 Å². The molecule has 1 N–H and O–H groups in total. The van der Waals surface area contributed by atoms with Gasteiger partial charge in [-0.05, 0) is 68.4 Å². The maximum Gasteiger partial charge on any atom is 0.290 e. The normalized spacial score (nSPS) is 19.2. The van der Waals surface area contributed by atoms with Gasteiger partial charge in [0.2, 0.25) is 0 Å². The number of rotatable bonds is 9. The largest absolute Gasteiger partial charge is 0.503 e. The Labute approximate surface area is 192 Å². The second-order valence-corrected chi connectivity index (χ2v) is 8.03. The van der Waals surface area contributed by atoms with Crippen LogP contribution in [0.5, 0.6) is 11.5 Å². The number of benzene rings is 1. The molecular weight excluding hydrogens is 424 g/mol. The van der Waals surface area contributed by atoms with Crippen molar-refractivity contribution in [2.75, 3.05) is 40.4 Å². The topological polar surface area (TPSA) is 92.4 Å². The molecule has 1 unspecified atom stereocenters.